The maximum Gasteiger partial charge on any atom is 0.244 e. The monoisotopic (exact) mass is 184 g/mol. The summed E-state index contributed by atoms with van der Waals surface area (Å²) in [4.78, 5) is 23.5. The molecule has 0 unspecified atom stereocenters. The van der Waals surface area contributed by atoms with E-state index < -0.39 is 0 Å². The van der Waals surface area contributed by atoms with Crippen LogP contribution in [0.5, 0.6) is 0 Å². The molecular weight excluding hydrogens is 168 g/mol. The van der Waals surface area contributed by atoms with Crippen molar-refractivity contribution in [1.29, 1.82) is 0 Å². The van der Waals surface area contributed by atoms with E-state index in [9.17, 15) is 9.59 Å². The number of piperidine rings is 1. The Bertz CT molecular complexity index is 188. The van der Waals surface area contributed by atoms with Crippen molar-refractivity contribution in [2.45, 2.75) is 32.2 Å². The smallest absolute Gasteiger partial charge is 0.244 e. The maximum atomic E-state index is 11.6. The van der Waals surface area contributed by atoms with Crippen LogP contribution in [-0.2, 0) is 9.59 Å². The molecule has 0 bridgehead atoms. The molecule has 1 fully saturated rings. The second-order valence-electron chi connectivity index (χ2n) is 3.39. The van der Waals surface area contributed by atoms with Crippen LogP contribution in [0.1, 0.15) is 26.2 Å². The average molecular weight is 184 g/mol. The van der Waals surface area contributed by atoms with Gasteiger partial charge in [0.15, 0.2) is 0 Å². The molecule has 1 atom stereocenters. The van der Waals surface area contributed by atoms with E-state index in [4.69, 9.17) is 0 Å². The standard InChI is InChI=1S/C9H16N2O2/c1-8(10-7-12)9(13)11-5-3-2-4-6-11/h7-8H,2-6H2,1H3,(H,10,12)/t8-/m0/s1. The first kappa shape index (κ1) is 10.0. The zero-order chi connectivity index (χ0) is 9.68. The Morgan fingerprint density at radius 3 is 2.54 bits per heavy atom. The third-order valence-electron chi connectivity index (χ3n) is 2.36. The van der Waals surface area contributed by atoms with Gasteiger partial charge in [0, 0.05) is 13.1 Å². The quantitative estimate of drug-likeness (QED) is 0.634. The first-order valence-electron chi connectivity index (χ1n) is 4.74. The minimum atomic E-state index is -0.379. The summed E-state index contributed by atoms with van der Waals surface area (Å²) in [6, 6.07) is -0.379. The molecule has 0 spiro atoms. The van der Waals surface area contributed by atoms with Crippen LogP contribution in [0.15, 0.2) is 0 Å². The molecule has 0 radical (unpaired) electrons. The van der Waals surface area contributed by atoms with Gasteiger partial charge in [-0.05, 0) is 26.2 Å². The summed E-state index contributed by atoms with van der Waals surface area (Å²) < 4.78 is 0. The van der Waals surface area contributed by atoms with E-state index in [-0.39, 0.29) is 11.9 Å². The molecule has 0 aromatic heterocycles. The Labute approximate surface area is 78.3 Å². The highest BCUT2D eigenvalue weighted by atomic mass is 16.2. The summed E-state index contributed by atoms with van der Waals surface area (Å²) in [6.07, 6.45) is 3.95. The zero-order valence-electron chi connectivity index (χ0n) is 7.95. The van der Waals surface area contributed by atoms with Crippen molar-refractivity contribution in [3.8, 4) is 0 Å². The van der Waals surface area contributed by atoms with Crippen LogP contribution in [-0.4, -0.2) is 36.3 Å². The number of likely N-dealkylation sites (tertiary alicyclic amines) is 1. The second kappa shape index (κ2) is 4.84. The van der Waals surface area contributed by atoms with Gasteiger partial charge in [0.25, 0.3) is 0 Å². The van der Waals surface area contributed by atoms with Crippen molar-refractivity contribution in [2.75, 3.05) is 13.1 Å². The van der Waals surface area contributed by atoms with Gasteiger partial charge in [0.05, 0.1) is 0 Å². The van der Waals surface area contributed by atoms with Crippen LogP contribution in [0.3, 0.4) is 0 Å². The van der Waals surface area contributed by atoms with Crippen LogP contribution < -0.4 is 5.32 Å². The highest BCUT2D eigenvalue weighted by Gasteiger charge is 2.20. The molecule has 1 rings (SSSR count). The molecule has 1 aliphatic heterocycles. The van der Waals surface area contributed by atoms with E-state index in [0.717, 1.165) is 25.9 Å². The lowest BCUT2D eigenvalue weighted by Crippen LogP contribution is -2.46. The molecule has 74 valence electrons. The van der Waals surface area contributed by atoms with E-state index in [1.54, 1.807) is 6.92 Å². The molecule has 1 aliphatic rings. The number of hydrogen-bond acceptors (Lipinski definition) is 2. The Hall–Kier alpha value is -1.06. The minimum absolute atomic E-state index is 0.0341. The molecule has 0 saturated carbocycles. The lowest BCUT2D eigenvalue weighted by molar-refractivity contribution is -0.135. The number of nitrogens with zero attached hydrogens (tertiary/aromatic N) is 1. The Balaban J connectivity index is 2.40. The van der Waals surface area contributed by atoms with Crippen molar-refractivity contribution < 1.29 is 9.59 Å². The van der Waals surface area contributed by atoms with Gasteiger partial charge < -0.3 is 10.2 Å². The molecule has 2 amide bonds. The molecule has 1 saturated heterocycles. The normalized spacial score (nSPS) is 19.3. The van der Waals surface area contributed by atoms with Gasteiger partial charge in [-0.15, -0.1) is 0 Å². The molecule has 1 heterocycles. The number of carbonyl (C=O) groups is 2. The van der Waals surface area contributed by atoms with Crippen LogP contribution >= 0.6 is 0 Å². The molecule has 1 N–H and O–H groups in total. The van der Waals surface area contributed by atoms with Crippen molar-refractivity contribution in [3.63, 3.8) is 0 Å². The Morgan fingerprint density at radius 1 is 1.38 bits per heavy atom. The zero-order valence-corrected chi connectivity index (χ0v) is 7.95. The number of nitrogens with one attached hydrogen (secondary N) is 1. The van der Waals surface area contributed by atoms with Gasteiger partial charge in [-0.25, -0.2) is 0 Å². The average Bonchev–Trinajstić information content (AvgIpc) is 2.18. The van der Waals surface area contributed by atoms with Crippen LogP contribution in [0, 0.1) is 0 Å². The lowest BCUT2D eigenvalue weighted by atomic mass is 10.1. The number of carbonyl (C=O) groups excluding carboxylic acids is 2. The van der Waals surface area contributed by atoms with Gasteiger partial charge in [-0.3, -0.25) is 9.59 Å². The van der Waals surface area contributed by atoms with E-state index in [2.05, 4.69) is 5.32 Å². The van der Waals surface area contributed by atoms with E-state index in [0.29, 0.717) is 6.41 Å². The van der Waals surface area contributed by atoms with E-state index >= 15 is 0 Å². The predicted octanol–water partition coefficient (Wildman–Crippen LogP) is 0.133. The fourth-order valence-corrected chi connectivity index (χ4v) is 1.56. The molecule has 4 heteroatoms. The summed E-state index contributed by atoms with van der Waals surface area (Å²) in [6.45, 7) is 3.39. The molecule has 13 heavy (non-hydrogen) atoms. The summed E-state index contributed by atoms with van der Waals surface area (Å²) in [5.74, 6) is 0.0341. The van der Waals surface area contributed by atoms with Crippen molar-refractivity contribution >= 4 is 12.3 Å². The van der Waals surface area contributed by atoms with E-state index in [1.807, 2.05) is 4.90 Å². The first-order chi connectivity index (χ1) is 6.25. The number of hydrogen-bond donors (Lipinski definition) is 1. The summed E-state index contributed by atoms with van der Waals surface area (Å²) in [5, 5.41) is 2.47. The van der Waals surface area contributed by atoms with Crippen LogP contribution in [0.4, 0.5) is 0 Å². The Kier molecular flexibility index (Phi) is 3.73. The molecular formula is C9H16N2O2. The fraction of sp³-hybridized carbons (Fsp3) is 0.778. The summed E-state index contributed by atoms with van der Waals surface area (Å²) >= 11 is 0. The second-order valence-corrected chi connectivity index (χ2v) is 3.39. The summed E-state index contributed by atoms with van der Waals surface area (Å²) in [7, 11) is 0. The maximum absolute atomic E-state index is 11.6. The van der Waals surface area contributed by atoms with Gasteiger partial charge in [-0.2, -0.15) is 0 Å². The SMILES string of the molecule is C[C@H](NC=O)C(=O)N1CCCCC1. The molecule has 0 aromatic rings. The Morgan fingerprint density at radius 2 is 2.00 bits per heavy atom. The highest BCUT2D eigenvalue weighted by molar-refractivity contribution is 5.83. The largest absolute Gasteiger partial charge is 0.347 e. The highest BCUT2D eigenvalue weighted by Crippen LogP contribution is 2.09. The van der Waals surface area contributed by atoms with Gasteiger partial charge in [-0.1, -0.05) is 0 Å². The summed E-state index contributed by atoms with van der Waals surface area (Å²) in [5.41, 5.74) is 0. The van der Waals surface area contributed by atoms with Gasteiger partial charge >= 0.3 is 0 Å². The first-order valence-corrected chi connectivity index (χ1v) is 4.74. The van der Waals surface area contributed by atoms with Gasteiger partial charge in [0.1, 0.15) is 6.04 Å². The number of rotatable bonds is 3. The van der Waals surface area contributed by atoms with Gasteiger partial charge in [0.2, 0.25) is 12.3 Å². The van der Waals surface area contributed by atoms with Crippen molar-refractivity contribution in [2.24, 2.45) is 0 Å². The van der Waals surface area contributed by atoms with Crippen LogP contribution in [0.25, 0.3) is 0 Å². The third kappa shape index (κ3) is 2.72. The van der Waals surface area contributed by atoms with Crippen molar-refractivity contribution in [1.82, 2.24) is 10.2 Å². The fourth-order valence-electron chi connectivity index (χ4n) is 1.56. The molecule has 0 aliphatic carbocycles. The lowest BCUT2D eigenvalue weighted by Gasteiger charge is -2.28. The topological polar surface area (TPSA) is 49.4 Å². The third-order valence-corrected chi connectivity index (χ3v) is 2.36. The molecule has 0 aromatic carbocycles. The molecule has 4 nitrogen and oxygen atoms in total. The predicted molar refractivity (Wildman–Crippen MR) is 49.1 cm³/mol. The minimum Gasteiger partial charge on any atom is -0.347 e. The van der Waals surface area contributed by atoms with Crippen molar-refractivity contribution in [3.05, 3.63) is 0 Å². The number of amides is 2. The van der Waals surface area contributed by atoms with E-state index in [1.165, 1.54) is 6.42 Å². The van der Waals surface area contributed by atoms with Crippen LogP contribution in [0.2, 0.25) is 0 Å².